The molecule has 0 saturated heterocycles. The van der Waals surface area contributed by atoms with Gasteiger partial charge in [0.25, 0.3) is 11.8 Å². The molecule has 1 aliphatic heterocycles. The molecule has 0 saturated carbocycles. The number of anilines is 2. The average molecular weight is 316 g/mol. The monoisotopic (exact) mass is 316 g/mol. The normalized spacial score (nSPS) is 13.2. The quantitative estimate of drug-likeness (QED) is 0.596. The molecule has 0 radical (unpaired) electrons. The lowest BCUT2D eigenvalue weighted by atomic mass is 10.1. The summed E-state index contributed by atoms with van der Waals surface area (Å²) in [5.41, 5.74) is 1.64. The van der Waals surface area contributed by atoms with E-state index in [4.69, 9.17) is 0 Å². The van der Waals surface area contributed by atoms with Gasteiger partial charge in [0, 0.05) is 5.69 Å². The maximum absolute atomic E-state index is 12.7. The van der Waals surface area contributed by atoms with Crippen molar-refractivity contribution in [1.82, 2.24) is 0 Å². The molecule has 0 bridgehead atoms. The van der Waals surface area contributed by atoms with E-state index in [1.807, 2.05) is 36.4 Å². The number of hydrogen-bond donors (Lipinski definition) is 1. The van der Waals surface area contributed by atoms with Crippen LogP contribution in [0.1, 0.15) is 20.7 Å². The van der Waals surface area contributed by atoms with Crippen LogP contribution in [0.15, 0.2) is 60.7 Å². The Morgan fingerprint density at radius 3 is 2.33 bits per heavy atom. The number of carbonyl (C=O) groups excluding carboxylic acids is 3. The van der Waals surface area contributed by atoms with Crippen molar-refractivity contribution in [1.29, 1.82) is 0 Å². The summed E-state index contributed by atoms with van der Waals surface area (Å²) >= 11 is 0. The molecule has 3 aromatic rings. The first-order valence-corrected chi connectivity index (χ1v) is 7.41. The van der Waals surface area contributed by atoms with Crippen molar-refractivity contribution in [2.45, 2.75) is 0 Å². The molecule has 0 atom stereocenters. The van der Waals surface area contributed by atoms with Gasteiger partial charge >= 0.3 is 0 Å². The minimum atomic E-state index is -0.389. The summed E-state index contributed by atoms with van der Waals surface area (Å²) in [5, 5.41) is 4.48. The third kappa shape index (κ3) is 2.06. The van der Waals surface area contributed by atoms with Gasteiger partial charge in [-0.2, -0.15) is 0 Å². The van der Waals surface area contributed by atoms with Crippen LogP contribution in [0, 0.1) is 0 Å². The lowest BCUT2D eigenvalue weighted by Crippen LogP contribution is -2.29. The molecular formula is C19H12N2O3. The van der Waals surface area contributed by atoms with Gasteiger partial charge in [0.2, 0.25) is 6.41 Å². The van der Waals surface area contributed by atoms with Crippen LogP contribution in [0.3, 0.4) is 0 Å². The zero-order valence-corrected chi connectivity index (χ0v) is 12.5. The van der Waals surface area contributed by atoms with E-state index in [9.17, 15) is 14.4 Å². The standard InChI is InChI=1S/C19H12N2O3/c22-11-20-14-6-8-16-17(10-14)19(24)21(18(16)23)15-7-5-12-3-1-2-4-13(12)9-15/h1-11H,(H,20,22). The molecule has 116 valence electrons. The van der Waals surface area contributed by atoms with Gasteiger partial charge in [0.05, 0.1) is 16.8 Å². The van der Waals surface area contributed by atoms with Gasteiger partial charge in [-0.25, -0.2) is 4.90 Å². The smallest absolute Gasteiger partial charge is 0.266 e. The Morgan fingerprint density at radius 2 is 1.54 bits per heavy atom. The zero-order valence-electron chi connectivity index (χ0n) is 12.5. The van der Waals surface area contributed by atoms with E-state index < -0.39 is 0 Å². The van der Waals surface area contributed by atoms with Gasteiger partial charge in [0.1, 0.15) is 0 Å². The molecule has 0 aliphatic carbocycles. The second kappa shape index (κ2) is 5.31. The van der Waals surface area contributed by atoms with Gasteiger partial charge in [-0.3, -0.25) is 14.4 Å². The molecule has 5 heteroatoms. The number of nitrogens with one attached hydrogen (secondary N) is 1. The van der Waals surface area contributed by atoms with Gasteiger partial charge in [-0.1, -0.05) is 30.3 Å². The summed E-state index contributed by atoms with van der Waals surface area (Å²) in [4.78, 5) is 37.0. The number of nitrogens with zero attached hydrogens (tertiary/aromatic N) is 1. The highest BCUT2D eigenvalue weighted by Crippen LogP contribution is 2.31. The van der Waals surface area contributed by atoms with Crippen LogP contribution in [0.2, 0.25) is 0 Å². The lowest BCUT2D eigenvalue weighted by molar-refractivity contribution is -0.105. The second-order valence-electron chi connectivity index (χ2n) is 5.50. The molecule has 3 amide bonds. The highest BCUT2D eigenvalue weighted by Gasteiger charge is 2.36. The van der Waals surface area contributed by atoms with Gasteiger partial charge < -0.3 is 5.32 Å². The molecule has 0 unspecified atom stereocenters. The maximum Gasteiger partial charge on any atom is 0.266 e. The fraction of sp³-hybridized carbons (Fsp3) is 0. The zero-order chi connectivity index (χ0) is 16.7. The second-order valence-corrected chi connectivity index (χ2v) is 5.50. The van der Waals surface area contributed by atoms with Gasteiger partial charge in [-0.05, 0) is 41.1 Å². The minimum absolute atomic E-state index is 0.292. The van der Waals surface area contributed by atoms with Crippen molar-refractivity contribution in [3.8, 4) is 0 Å². The maximum atomic E-state index is 12.7. The average Bonchev–Trinajstić information content (AvgIpc) is 2.85. The van der Waals surface area contributed by atoms with Crippen molar-refractivity contribution in [3.05, 3.63) is 71.8 Å². The molecule has 0 fully saturated rings. The number of carbonyl (C=O) groups is 3. The van der Waals surface area contributed by atoms with Crippen LogP contribution >= 0.6 is 0 Å². The largest absolute Gasteiger partial charge is 0.329 e. The van der Waals surface area contributed by atoms with Gasteiger partial charge in [0.15, 0.2) is 0 Å². The number of hydrogen-bond acceptors (Lipinski definition) is 3. The summed E-state index contributed by atoms with van der Waals surface area (Å²) in [6.45, 7) is 0. The molecule has 4 rings (SSSR count). The molecule has 1 aliphatic rings. The number of amides is 3. The van der Waals surface area contributed by atoms with Crippen LogP contribution in [0.25, 0.3) is 10.8 Å². The number of fused-ring (bicyclic) bond motifs is 2. The summed E-state index contributed by atoms with van der Waals surface area (Å²) in [6, 6.07) is 17.9. The topological polar surface area (TPSA) is 66.5 Å². The van der Waals surface area contributed by atoms with E-state index in [-0.39, 0.29) is 11.8 Å². The summed E-state index contributed by atoms with van der Waals surface area (Å²) < 4.78 is 0. The number of rotatable bonds is 3. The molecule has 5 nitrogen and oxygen atoms in total. The predicted octanol–water partition coefficient (Wildman–Crippen LogP) is 3.21. The van der Waals surface area contributed by atoms with Crippen LogP contribution in [-0.2, 0) is 4.79 Å². The summed E-state index contributed by atoms with van der Waals surface area (Å²) in [7, 11) is 0. The fourth-order valence-electron chi connectivity index (χ4n) is 2.95. The van der Waals surface area contributed by atoms with Crippen molar-refractivity contribution in [3.63, 3.8) is 0 Å². The van der Waals surface area contributed by atoms with E-state index in [1.165, 1.54) is 11.0 Å². The first kappa shape index (κ1) is 14.1. The Hall–Kier alpha value is -3.47. The van der Waals surface area contributed by atoms with Crippen molar-refractivity contribution in [2.24, 2.45) is 0 Å². The minimum Gasteiger partial charge on any atom is -0.329 e. The molecular weight excluding hydrogens is 304 g/mol. The van der Waals surface area contributed by atoms with Crippen LogP contribution in [0.5, 0.6) is 0 Å². The molecule has 24 heavy (non-hydrogen) atoms. The third-order valence-electron chi connectivity index (χ3n) is 4.10. The molecule has 1 heterocycles. The van der Waals surface area contributed by atoms with Gasteiger partial charge in [-0.15, -0.1) is 0 Å². The van der Waals surface area contributed by atoms with E-state index in [2.05, 4.69) is 5.32 Å². The van der Waals surface area contributed by atoms with Crippen LogP contribution < -0.4 is 10.2 Å². The molecule has 1 N–H and O–H groups in total. The lowest BCUT2D eigenvalue weighted by Gasteiger charge is -2.14. The first-order valence-electron chi connectivity index (χ1n) is 7.41. The van der Waals surface area contributed by atoms with Crippen molar-refractivity contribution in [2.75, 3.05) is 10.2 Å². The number of benzene rings is 3. The van der Waals surface area contributed by atoms with Crippen LogP contribution in [-0.4, -0.2) is 18.2 Å². The predicted molar refractivity (Wildman–Crippen MR) is 91.2 cm³/mol. The Bertz CT molecular complexity index is 1010. The molecule has 0 aromatic heterocycles. The van der Waals surface area contributed by atoms with E-state index in [0.29, 0.717) is 28.9 Å². The Balaban J connectivity index is 1.79. The van der Waals surface area contributed by atoms with E-state index >= 15 is 0 Å². The highest BCUT2D eigenvalue weighted by molar-refractivity contribution is 6.34. The van der Waals surface area contributed by atoms with Crippen LogP contribution in [0.4, 0.5) is 11.4 Å². The number of imide groups is 1. The highest BCUT2D eigenvalue weighted by atomic mass is 16.2. The Labute approximate surface area is 137 Å². The van der Waals surface area contributed by atoms with Crippen molar-refractivity contribution >= 4 is 40.4 Å². The summed E-state index contributed by atoms with van der Waals surface area (Å²) in [5.74, 6) is -0.747. The summed E-state index contributed by atoms with van der Waals surface area (Å²) in [6.07, 6.45) is 0.532. The third-order valence-corrected chi connectivity index (χ3v) is 4.10. The Morgan fingerprint density at radius 1 is 0.792 bits per heavy atom. The molecule has 0 spiro atoms. The molecule has 3 aromatic carbocycles. The van der Waals surface area contributed by atoms with E-state index in [1.54, 1.807) is 18.2 Å². The SMILES string of the molecule is O=CNc1ccc2c(c1)C(=O)N(c1ccc3ccccc3c1)C2=O. The Kier molecular flexibility index (Phi) is 3.13. The fourth-order valence-corrected chi connectivity index (χ4v) is 2.95. The van der Waals surface area contributed by atoms with Crippen molar-refractivity contribution < 1.29 is 14.4 Å². The first-order chi connectivity index (χ1) is 11.7. The van der Waals surface area contributed by atoms with E-state index in [0.717, 1.165) is 10.8 Å².